The van der Waals surface area contributed by atoms with E-state index in [4.69, 9.17) is 3.63 Å². The maximum absolute atomic E-state index is 13.8. The molecule has 4 rings (SSSR count). The maximum atomic E-state index is 13.8. The molecule has 34 heavy (non-hydrogen) atoms. The van der Waals surface area contributed by atoms with Crippen molar-refractivity contribution in [3.63, 3.8) is 0 Å². The third-order valence-electron chi connectivity index (χ3n) is 4.95. The molecule has 0 radical (unpaired) electrons. The number of halogens is 4. The summed E-state index contributed by atoms with van der Waals surface area (Å²) in [6, 6.07) is 25.6. The molecule has 0 aromatic heterocycles. The summed E-state index contributed by atoms with van der Waals surface area (Å²) < 4.78 is 87.7. The van der Waals surface area contributed by atoms with Crippen LogP contribution in [0.15, 0.2) is 129 Å². The van der Waals surface area contributed by atoms with Crippen molar-refractivity contribution >= 4 is 20.4 Å². The molecule has 9 heteroatoms. The van der Waals surface area contributed by atoms with E-state index in [-0.39, 0.29) is 0 Å². The van der Waals surface area contributed by atoms with Gasteiger partial charge in [0.15, 0.2) is 0 Å². The van der Waals surface area contributed by atoms with Crippen molar-refractivity contribution in [1.29, 1.82) is 0 Å². The van der Waals surface area contributed by atoms with Crippen molar-refractivity contribution in [3.05, 3.63) is 121 Å². The molecule has 4 aromatic carbocycles. The Morgan fingerprint density at radius 3 is 1.53 bits per heavy atom. The topological polar surface area (TPSA) is 43.4 Å². The molecule has 0 fully saturated rings. The van der Waals surface area contributed by atoms with Crippen LogP contribution in [-0.4, -0.2) is 8.42 Å². The smallest absolute Gasteiger partial charge is 0.207 e. The maximum Gasteiger partial charge on any atom is 0.417 e. The van der Waals surface area contributed by atoms with Gasteiger partial charge in [0.25, 0.3) is 0 Å². The number of benzene rings is 4. The van der Waals surface area contributed by atoms with Crippen LogP contribution >= 0.6 is 10.3 Å². The monoisotopic (exact) mass is 506 g/mol. The van der Waals surface area contributed by atoms with E-state index in [0.29, 0.717) is 20.8 Å². The van der Waals surface area contributed by atoms with Crippen LogP contribution in [0.1, 0.15) is 5.56 Å². The molecule has 0 aliphatic carbocycles. The first-order valence-electron chi connectivity index (χ1n) is 9.96. The van der Waals surface area contributed by atoms with Gasteiger partial charge in [0.2, 0.25) is 0 Å². The van der Waals surface area contributed by atoms with Gasteiger partial charge in [-0.1, -0.05) is 48.5 Å². The Morgan fingerprint density at radius 1 is 0.588 bits per heavy atom. The highest BCUT2D eigenvalue weighted by atomic mass is 32.3. The van der Waals surface area contributed by atoms with E-state index in [0.717, 1.165) is 24.3 Å². The quantitative estimate of drug-likeness (QED) is 0.255. The predicted molar refractivity (Wildman–Crippen MR) is 121 cm³/mol. The van der Waals surface area contributed by atoms with Crippen molar-refractivity contribution in [2.45, 2.75) is 25.8 Å². The Bertz CT molecular complexity index is 1330. The standard InChI is InChI=1S/C25H18F4O3S2/c26-19-15-17-22(18-16-19)33(20-9-3-1-4-10-20,21-11-5-2-6-12-21)32-34(30,31)24-14-8-7-13-23(24)25(27,28)29/h1-18H. The highest BCUT2D eigenvalue weighted by Crippen LogP contribution is 2.70. The highest BCUT2D eigenvalue weighted by molar-refractivity contribution is 8.33. The average molecular weight is 507 g/mol. The SMILES string of the molecule is O=S(=O)(OS(c1ccccc1)(c1ccccc1)c1ccc(F)cc1)c1ccccc1C(F)(F)F. The lowest BCUT2D eigenvalue weighted by molar-refractivity contribution is -0.139. The van der Waals surface area contributed by atoms with Crippen LogP contribution in [0.25, 0.3) is 0 Å². The van der Waals surface area contributed by atoms with Gasteiger partial charge >= 0.3 is 16.3 Å². The molecular weight excluding hydrogens is 488 g/mol. The van der Waals surface area contributed by atoms with Crippen LogP contribution in [-0.2, 0) is 19.9 Å². The molecule has 0 N–H and O–H groups in total. The lowest BCUT2D eigenvalue weighted by Gasteiger charge is -2.39. The molecule has 0 bridgehead atoms. The zero-order valence-corrected chi connectivity index (χ0v) is 19.1. The molecule has 0 aliphatic heterocycles. The molecule has 0 saturated carbocycles. The molecule has 3 nitrogen and oxygen atoms in total. The van der Waals surface area contributed by atoms with Crippen molar-refractivity contribution in [2.75, 3.05) is 0 Å². The summed E-state index contributed by atoms with van der Waals surface area (Å²) in [5.41, 5.74) is -1.33. The zero-order valence-electron chi connectivity index (χ0n) is 17.4. The highest BCUT2D eigenvalue weighted by Gasteiger charge is 2.42. The second kappa shape index (κ2) is 9.25. The van der Waals surface area contributed by atoms with Crippen LogP contribution in [0.5, 0.6) is 0 Å². The Morgan fingerprint density at radius 2 is 1.03 bits per heavy atom. The van der Waals surface area contributed by atoms with Gasteiger partial charge in [-0.05, 0) is 71.0 Å². The van der Waals surface area contributed by atoms with Crippen LogP contribution in [0.2, 0.25) is 0 Å². The zero-order chi connectivity index (χ0) is 24.4. The van der Waals surface area contributed by atoms with Crippen molar-refractivity contribution in [2.24, 2.45) is 0 Å². The van der Waals surface area contributed by atoms with Crippen LogP contribution < -0.4 is 0 Å². The fourth-order valence-corrected chi connectivity index (χ4v) is 8.89. The fraction of sp³-hybridized carbons (Fsp3) is 0.0400. The molecular formula is C25H18F4O3S2. The van der Waals surface area contributed by atoms with Gasteiger partial charge in [0, 0.05) is 14.7 Å². The van der Waals surface area contributed by atoms with E-state index in [1.54, 1.807) is 60.7 Å². The van der Waals surface area contributed by atoms with Crippen molar-refractivity contribution < 1.29 is 29.6 Å². The van der Waals surface area contributed by atoms with Crippen molar-refractivity contribution in [1.82, 2.24) is 0 Å². The van der Waals surface area contributed by atoms with Crippen molar-refractivity contribution in [3.8, 4) is 0 Å². The van der Waals surface area contributed by atoms with E-state index < -0.39 is 42.9 Å². The second-order valence-corrected chi connectivity index (χ2v) is 11.6. The summed E-state index contributed by atoms with van der Waals surface area (Å²) >= 11 is 0. The lowest BCUT2D eigenvalue weighted by atomic mass is 10.2. The van der Waals surface area contributed by atoms with Gasteiger partial charge in [0.1, 0.15) is 10.7 Å². The Kier molecular flexibility index (Phi) is 6.53. The third-order valence-corrected chi connectivity index (χ3v) is 10.2. The largest absolute Gasteiger partial charge is 0.417 e. The summed E-state index contributed by atoms with van der Waals surface area (Å²) in [7, 11) is -8.10. The first kappa shape index (κ1) is 24.0. The van der Waals surface area contributed by atoms with E-state index in [1.165, 1.54) is 18.2 Å². The summed E-state index contributed by atoms with van der Waals surface area (Å²) in [5.74, 6) is -0.552. The fourth-order valence-electron chi connectivity index (χ4n) is 3.47. The molecule has 0 heterocycles. The minimum absolute atomic E-state index is 0.305. The van der Waals surface area contributed by atoms with Crippen LogP contribution in [0, 0.1) is 5.82 Å². The van der Waals surface area contributed by atoms with Crippen LogP contribution in [0.3, 0.4) is 0 Å². The molecule has 0 unspecified atom stereocenters. The number of rotatable bonds is 6. The Labute approximate surface area is 196 Å². The first-order valence-corrected chi connectivity index (χ1v) is 12.9. The van der Waals surface area contributed by atoms with Crippen LogP contribution in [0.4, 0.5) is 17.6 Å². The summed E-state index contributed by atoms with van der Waals surface area (Å²) in [5, 5.41) is 0. The number of hydrogen-bond acceptors (Lipinski definition) is 3. The minimum Gasteiger partial charge on any atom is -0.207 e. The molecule has 0 amide bonds. The molecule has 0 atom stereocenters. The summed E-state index contributed by atoms with van der Waals surface area (Å²) in [6.45, 7) is 0. The predicted octanol–water partition coefficient (Wildman–Crippen LogP) is 7.45. The van der Waals surface area contributed by atoms with E-state index >= 15 is 0 Å². The Balaban J connectivity index is 2.03. The molecule has 0 spiro atoms. The molecule has 0 saturated heterocycles. The van der Waals surface area contributed by atoms with Gasteiger partial charge in [-0.25, -0.2) is 8.02 Å². The van der Waals surface area contributed by atoms with E-state index in [2.05, 4.69) is 0 Å². The molecule has 0 aliphatic rings. The number of hydrogen-bond donors (Lipinski definition) is 0. The normalized spacial score (nSPS) is 12.9. The second-order valence-electron chi connectivity index (χ2n) is 7.15. The molecule has 176 valence electrons. The number of alkyl halides is 3. The first-order chi connectivity index (χ1) is 16.1. The Hall–Kier alpha value is -3.14. The van der Waals surface area contributed by atoms with Gasteiger partial charge < -0.3 is 0 Å². The summed E-state index contributed by atoms with van der Waals surface area (Å²) in [4.78, 5) is 0.148. The van der Waals surface area contributed by atoms with Gasteiger partial charge in [-0.3, -0.25) is 0 Å². The van der Waals surface area contributed by atoms with Gasteiger partial charge in [-0.15, -0.1) is 0 Å². The van der Waals surface area contributed by atoms with Gasteiger partial charge in [0.05, 0.1) is 5.56 Å². The van der Waals surface area contributed by atoms with E-state index in [1.807, 2.05) is 0 Å². The third kappa shape index (κ3) is 4.59. The lowest BCUT2D eigenvalue weighted by Crippen LogP contribution is -2.18. The van der Waals surface area contributed by atoms with Gasteiger partial charge in [-0.2, -0.15) is 21.6 Å². The minimum atomic E-state index is -4.96. The summed E-state index contributed by atoms with van der Waals surface area (Å²) in [6.07, 6.45) is -4.92. The van der Waals surface area contributed by atoms with E-state index in [9.17, 15) is 26.0 Å². The average Bonchev–Trinajstić information content (AvgIpc) is 2.84. The molecule has 4 aromatic rings.